The predicted molar refractivity (Wildman–Crippen MR) is 106 cm³/mol. The first-order valence-electron chi connectivity index (χ1n) is 8.93. The van der Waals surface area contributed by atoms with Gasteiger partial charge in [-0.05, 0) is 55.7 Å². The van der Waals surface area contributed by atoms with Crippen LogP contribution in [0.15, 0.2) is 53.4 Å². The van der Waals surface area contributed by atoms with Crippen LogP contribution in [0.4, 0.5) is 0 Å². The summed E-state index contributed by atoms with van der Waals surface area (Å²) in [6.07, 6.45) is 1.75. The van der Waals surface area contributed by atoms with E-state index >= 15 is 0 Å². The van der Waals surface area contributed by atoms with Gasteiger partial charge in [0.2, 0.25) is 10.0 Å². The summed E-state index contributed by atoms with van der Waals surface area (Å²) in [7, 11) is -1.85. The minimum absolute atomic E-state index is 0.166. The molecule has 0 N–H and O–H groups in total. The van der Waals surface area contributed by atoms with E-state index in [1.807, 2.05) is 25.1 Å². The van der Waals surface area contributed by atoms with Gasteiger partial charge < -0.3 is 4.90 Å². The average Bonchev–Trinajstić information content (AvgIpc) is 3.22. The van der Waals surface area contributed by atoms with Gasteiger partial charge in [-0.2, -0.15) is 4.31 Å². The van der Waals surface area contributed by atoms with E-state index in [0.29, 0.717) is 23.7 Å². The van der Waals surface area contributed by atoms with E-state index in [2.05, 4.69) is 0 Å². The fourth-order valence-electron chi connectivity index (χ4n) is 3.24. The first-order chi connectivity index (χ1) is 12.8. The van der Waals surface area contributed by atoms with E-state index in [9.17, 15) is 13.2 Å². The van der Waals surface area contributed by atoms with Crippen LogP contribution < -0.4 is 0 Å². The third-order valence-electron chi connectivity index (χ3n) is 5.02. The van der Waals surface area contributed by atoms with Crippen molar-refractivity contribution in [3.8, 4) is 0 Å². The van der Waals surface area contributed by atoms with Gasteiger partial charge >= 0.3 is 0 Å². The van der Waals surface area contributed by atoms with Crippen LogP contribution in [0.25, 0.3) is 0 Å². The molecule has 0 radical (unpaired) electrons. The van der Waals surface area contributed by atoms with Crippen molar-refractivity contribution in [2.24, 2.45) is 0 Å². The Morgan fingerprint density at radius 3 is 2.44 bits per heavy atom. The summed E-state index contributed by atoms with van der Waals surface area (Å²) < 4.78 is 27.0. The number of nitrogens with zero attached hydrogens (tertiary/aromatic N) is 2. The zero-order chi connectivity index (χ0) is 19.6. The average molecular weight is 407 g/mol. The number of sulfonamides is 1. The van der Waals surface area contributed by atoms with E-state index in [-0.39, 0.29) is 16.8 Å². The van der Waals surface area contributed by atoms with Gasteiger partial charge in [0.15, 0.2) is 0 Å². The number of rotatable bonds is 5. The third-order valence-corrected chi connectivity index (χ3v) is 7.15. The van der Waals surface area contributed by atoms with Crippen LogP contribution >= 0.6 is 11.6 Å². The maximum Gasteiger partial charge on any atom is 0.254 e. The smallest absolute Gasteiger partial charge is 0.254 e. The van der Waals surface area contributed by atoms with Crippen molar-refractivity contribution in [3.63, 3.8) is 0 Å². The Morgan fingerprint density at radius 2 is 1.78 bits per heavy atom. The second-order valence-electron chi connectivity index (χ2n) is 6.79. The van der Waals surface area contributed by atoms with Crippen molar-refractivity contribution < 1.29 is 13.2 Å². The Labute approximate surface area is 165 Å². The summed E-state index contributed by atoms with van der Waals surface area (Å²) >= 11 is 6.05. The fourth-order valence-corrected chi connectivity index (χ4v) is 5.00. The number of carbonyl (C=O) groups excluding carboxylic acids is 1. The Hall–Kier alpha value is -1.89. The lowest BCUT2D eigenvalue weighted by Crippen LogP contribution is -2.30. The number of benzene rings is 2. The molecule has 1 aliphatic heterocycles. The fraction of sp³-hybridized carbons (Fsp3) is 0.350. The highest BCUT2D eigenvalue weighted by atomic mass is 35.5. The zero-order valence-corrected chi connectivity index (χ0v) is 17.0. The van der Waals surface area contributed by atoms with E-state index < -0.39 is 10.0 Å². The molecule has 1 aliphatic rings. The Balaban J connectivity index is 1.84. The van der Waals surface area contributed by atoms with Crippen molar-refractivity contribution in [2.45, 2.75) is 30.7 Å². The van der Waals surface area contributed by atoms with E-state index in [1.165, 1.54) is 10.4 Å². The summed E-state index contributed by atoms with van der Waals surface area (Å²) in [5.74, 6) is -0.235. The number of amides is 1. The number of hydrogen-bond donors (Lipinski definition) is 0. The summed E-state index contributed by atoms with van der Waals surface area (Å²) in [6, 6.07) is 13.4. The summed E-state index contributed by atoms with van der Waals surface area (Å²) in [6.45, 7) is 2.98. The first kappa shape index (κ1) is 19.9. The van der Waals surface area contributed by atoms with Gasteiger partial charge in [0.25, 0.3) is 5.91 Å². The van der Waals surface area contributed by atoms with Gasteiger partial charge in [-0.15, -0.1) is 0 Å². The van der Waals surface area contributed by atoms with Crippen molar-refractivity contribution in [3.05, 3.63) is 64.7 Å². The highest BCUT2D eigenvalue weighted by Gasteiger charge is 2.28. The highest BCUT2D eigenvalue weighted by molar-refractivity contribution is 7.89. The molecular formula is C20H23ClN2O3S. The molecule has 2 aromatic rings. The molecule has 0 spiro atoms. The highest BCUT2D eigenvalue weighted by Crippen LogP contribution is 2.25. The molecule has 0 aromatic heterocycles. The van der Waals surface area contributed by atoms with Gasteiger partial charge in [0, 0.05) is 30.7 Å². The van der Waals surface area contributed by atoms with Crippen molar-refractivity contribution in [1.82, 2.24) is 9.21 Å². The Kier molecular flexibility index (Phi) is 5.89. The van der Waals surface area contributed by atoms with Crippen LogP contribution in [0, 0.1) is 0 Å². The molecule has 1 unspecified atom stereocenters. The van der Waals surface area contributed by atoms with Crippen molar-refractivity contribution in [2.75, 3.05) is 20.1 Å². The maximum atomic E-state index is 12.9. The molecule has 7 heteroatoms. The van der Waals surface area contributed by atoms with Crippen LogP contribution in [-0.2, 0) is 10.0 Å². The first-order valence-corrected chi connectivity index (χ1v) is 10.8. The Morgan fingerprint density at radius 1 is 1.11 bits per heavy atom. The Bertz CT molecular complexity index is 940. The quantitative estimate of drug-likeness (QED) is 0.755. The normalized spacial score (nSPS) is 16.3. The molecule has 144 valence electrons. The lowest BCUT2D eigenvalue weighted by molar-refractivity contribution is 0.0742. The number of carbonyl (C=O) groups is 1. The molecule has 2 aromatic carbocycles. The summed E-state index contributed by atoms with van der Waals surface area (Å²) in [5, 5.41) is 0.610. The lowest BCUT2D eigenvalue weighted by atomic mass is 10.1. The maximum absolute atomic E-state index is 12.9. The zero-order valence-electron chi connectivity index (χ0n) is 15.4. The summed E-state index contributed by atoms with van der Waals surface area (Å²) in [4.78, 5) is 14.7. The van der Waals surface area contributed by atoms with E-state index in [1.54, 1.807) is 36.2 Å². The predicted octanol–water partition coefficient (Wildman–Crippen LogP) is 3.96. The molecule has 1 fully saturated rings. The van der Waals surface area contributed by atoms with Gasteiger partial charge in [-0.3, -0.25) is 4.79 Å². The van der Waals surface area contributed by atoms with Gasteiger partial charge in [0.1, 0.15) is 0 Å². The molecule has 1 saturated heterocycles. The van der Waals surface area contributed by atoms with Gasteiger partial charge in [0.05, 0.1) is 10.9 Å². The third kappa shape index (κ3) is 4.18. The minimum Gasteiger partial charge on any atom is -0.335 e. The standard InChI is InChI=1S/C20H23ClN2O3S/c1-15(16-7-5-9-18(21)13-16)22(2)20(24)17-8-6-10-19(14-17)27(25,26)23-11-3-4-12-23/h5-10,13-15H,3-4,11-12H2,1-2H3. The number of halogens is 1. The molecule has 27 heavy (non-hydrogen) atoms. The van der Waals surface area contributed by atoms with Crippen LogP contribution in [0.5, 0.6) is 0 Å². The van der Waals surface area contributed by atoms with E-state index in [4.69, 9.17) is 11.6 Å². The van der Waals surface area contributed by atoms with Gasteiger partial charge in [-0.25, -0.2) is 8.42 Å². The molecule has 0 bridgehead atoms. The minimum atomic E-state index is -3.55. The molecule has 0 saturated carbocycles. The SMILES string of the molecule is CC(c1cccc(Cl)c1)N(C)C(=O)c1cccc(S(=O)(=O)N2CCCC2)c1. The molecule has 1 atom stereocenters. The van der Waals surface area contributed by atoms with Crippen LogP contribution in [0.1, 0.15) is 41.7 Å². The van der Waals surface area contributed by atoms with Crippen molar-refractivity contribution in [1.29, 1.82) is 0 Å². The topological polar surface area (TPSA) is 57.7 Å². The largest absolute Gasteiger partial charge is 0.335 e. The molecule has 0 aliphatic carbocycles. The lowest BCUT2D eigenvalue weighted by Gasteiger charge is -2.26. The van der Waals surface area contributed by atoms with Crippen molar-refractivity contribution >= 4 is 27.5 Å². The molecular weight excluding hydrogens is 384 g/mol. The molecule has 1 amide bonds. The second kappa shape index (κ2) is 8.00. The van der Waals surface area contributed by atoms with Crippen LogP contribution in [0.3, 0.4) is 0 Å². The number of hydrogen-bond acceptors (Lipinski definition) is 3. The second-order valence-corrected chi connectivity index (χ2v) is 9.16. The van der Waals surface area contributed by atoms with Gasteiger partial charge in [-0.1, -0.05) is 29.8 Å². The molecule has 3 rings (SSSR count). The van der Waals surface area contributed by atoms with Crippen LogP contribution in [-0.4, -0.2) is 43.7 Å². The monoisotopic (exact) mass is 406 g/mol. The molecule has 5 nitrogen and oxygen atoms in total. The summed E-state index contributed by atoms with van der Waals surface area (Å²) in [5.41, 5.74) is 1.27. The van der Waals surface area contributed by atoms with E-state index in [0.717, 1.165) is 18.4 Å². The molecule has 1 heterocycles. The van der Waals surface area contributed by atoms with Crippen LogP contribution in [0.2, 0.25) is 5.02 Å².